The maximum absolute atomic E-state index is 11.9. The first-order valence-corrected chi connectivity index (χ1v) is 6.75. The highest BCUT2D eigenvalue weighted by molar-refractivity contribution is 7.92. The van der Waals surface area contributed by atoms with Gasteiger partial charge in [0.05, 0.1) is 7.11 Å². The van der Waals surface area contributed by atoms with Crippen molar-refractivity contribution in [3.05, 3.63) is 23.6 Å². The van der Waals surface area contributed by atoms with Crippen LogP contribution < -0.4 is 0 Å². The molecule has 96 valence electrons. The maximum atomic E-state index is 11.9. The number of hydrogen-bond donors (Lipinski definition) is 0. The van der Waals surface area contributed by atoms with E-state index in [1.807, 2.05) is 0 Å². The van der Waals surface area contributed by atoms with E-state index in [9.17, 15) is 13.2 Å². The Hall–Kier alpha value is -1.14. The minimum absolute atomic E-state index is 0.122. The smallest absolute Gasteiger partial charge is 0.324 e. The molecule has 0 spiro atoms. The zero-order valence-electron chi connectivity index (χ0n) is 10.2. The summed E-state index contributed by atoms with van der Waals surface area (Å²) in [7, 11) is -2.32. The van der Waals surface area contributed by atoms with E-state index in [1.165, 1.54) is 13.2 Å². The fourth-order valence-corrected chi connectivity index (χ4v) is 3.22. The SMILES string of the molecule is C=C1C=CS(=O)(=O)N([C@@H](C(=O)OC)C(C)C)C1. The molecule has 6 heteroatoms. The lowest BCUT2D eigenvalue weighted by Crippen LogP contribution is -2.49. The van der Waals surface area contributed by atoms with E-state index in [0.717, 1.165) is 9.71 Å². The average molecular weight is 259 g/mol. The molecule has 1 atom stereocenters. The summed E-state index contributed by atoms with van der Waals surface area (Å²) in [5.74, 6) is -0.719. The van der Waals surface area contributed by atoms with Crippen LogP contribution in [-0.2, 0) is 19.6 Å². The van der Waals surface area contributed by atoms with Gasteiger partial charge in [-0.15, -0.1) is 0 Å². The zero-order valence-corrected chi connectivity index (χ0v) is 11.0. The van der Waals surface area contributed by atoms with Crippen molar-refractivity contribution in [3.63, 3.8) is 0 Å². The Balaban J connectivity index is 3.15. The molecule has 0 bridgehead atoms. The molecule has 0 fully saturated rings. The van der Waals surface area contributed by atoms with Crippen LogP contribution in [0.5, 0.6) is 0 Å². The molecule has 0 radical (unpaired) electrons. The highest BCUT2D eigenvalue weighted by atomic mass is 32.2. The summed E-state index contributed by atoms with van der Waals surface area (Å²) in [5, 5.41) is 1.07. The quantitative estimate of drug-likeness (QED) is 0.706. The van der Waals surface area contributed by atoms with Gasteiger partial charge in [0, 0.05) is 12.0 Å². The van der Waals surface area contributed by atoms with Gasteiger partial charge in [0.2, 0.25) is 10.0 Å². The Bertz CT molecular complexity index is 450. The summed E-state index contributed by atoms with van der Waals surface area (Å²) in [5.41, 5.74) is 0.648. The Morgan fingerprint density at radius 3 is 2.59 bits per heavy atom. The highest BCUT2D eigenvalue weighted by Gasteiger charge is 2.38. The third kappa shape index (κ3) is 2.95. The Morgan fingerprint density at radius 2 is 2.12 bits per heavy atom. The molecule has 0 aliphatic carbocycles. The van der Waals surface area contributed by atoms with E-state index in [2.05, 4.69) is 11.3 Å². The number of methoxy groups -OCH3 is 1. The van der Waals surface area contributed by atoms with Crippen LogP contribution in [0.15, 0.2) is 23.6 Å². The molecule has 1 aliphatic rings. The molecule has 0 N–H and O–H groups in total. The van der Waals surface area contributed by atoms with E-state index in [0.29, 0.717) is 5.57 Å². The summed E-state index contributed by atoms with van der Waals surface area (Å²) in [6.45, 7) is 7.39. The first-order chi connectivity index (χ1) is 7.79. The molecule has 1 rings (SSSR count). The van der Waals surface area contributed by atoms with Crippen molar-refractivity contribution in [1.29, 1.82) is 0 Å². The Labute approximate surface area is 102 Å². The van der Waals surface area contributed by atoms with Gasteiger partial charge in [-0.3, -0.25) is 4.79 Å². The molecule has 5 nitrogen and oxygen atoms in total. The summed E-state index contributed by atoms with van der Waals surface area (Å²) >= 11 is 0. The molecular weight excluding hydrogens is 242 g/mol. The minimum Gasteiger partial charge on any atom is -0.468 e. The van der Waals surface area contributed by atoms with Crippen molar-refractivity contribution in [2.45, 2.75) is 19.9 Å². The second kappa shape index (κ2) is 5.01. The van der Waals surface area contributed by atoms with Crippen LogP contribution in [0.25, 0.3) is 0 Å². The second-order valence-corrected chi connectivity index (χ2v) is 6.03. The first kappa shape index (κ1) is 13.9. The maximum Gasteiger partial charge on any atom is 0.324 e. The molecule has 1 heterocycles. The zero-order chi connectivity index (χ0) is 13.2. The third-order valence-electron chi connectivity index (χ3n) is 2.55. The van der Waals surface area contributed by atoms with Crippen molar-refractivity contribution in [2.24, 2.45) is 5.92 Å². The lowest BCUT2D eigenvalue weighted by atomic mass is 10.0. The molecule has 0 amide bonds. The number of nitrogens with zero attached hydrogens (tertiary/aromatic N) is 1. The third-order valence-corrected chi connectivity index (χ3v) is 4.04. The Kier molecular flexibility index (Phi) is 4.11. The van der Waals surface area contributed by atoms with Crippen molar-refractivity contribution in [1.82, 2.24) is 4.31 Å². The van der Waals surface area contributed by atoms with Crippen LogP contribution in [0.2, 0.25) is 0 Å². The normalized spacial score (nSPS) is 21.5. The second-order valence-electron chi connectivity index (χ2n) is 4.26. The summed E-state index contributed by atoms with van der Waals surface area (Å²) in [6, 6.07) is -0.813. The molecule has 0 saturated carbocycles. The van der Waals surface area contributed by atoms with Gasteiger partial charge < -0.3 is 4.74 Å². The van der Waals surface area contributed by atoms with Gasteiger partial charge in [0.15, 0.2) is 0 Å². The van der Waals surface area contributed by atoms with Crippen LogP contribution in [0.3, 0.4) is 0 Å². The largest absolute Gasteiger partial charge is 0.468 e. The summed E-state index contributed by atoms with van der Waals surface area (Å²) in [4.78, 5) is 11.7. The topological polar surface area (TPSA) is 63.7 Å². The van der Waals surface area contributed by atoms with E-state index in [-0.39, 0.29) is 12.5 Å². The first-order valence-electron chi connectivity index (χ1n) is 5.25. The average Bonchev–Trinajstić information content (AvgIpc) is 2.23. The number of sulfonamides is 1. The Morgan fingerprint density at radius 1 is 1.53 bits per heavy atom. The molecule has 17 heavy (non-hydrogen) atoms. The van der Waals surface area contributed by atoms with Gasteiger partial charge in [0.25, 0.3) is 0 Å². The number of hydrogen-bond acceptors (Lipinski definition) is 4. The fourth-order valence-electron chi connectivity index (χ4n) is 1.70. The summed E-state index contributed by atoms with van der Waals surface area (Å²) in [6.07, 6.45) is 1.44. The van der Waals surface area contributed by atoms with Crippen LogP contribution in [-0.4, -0.2) is 38.4 Å². The molecular formula is C11H17NO4S. The van der Waals surface area contributed by atoms with Crippen molar-refractivity contribution < 1.29 is 17.9 Å². The van der Waals surface area contributed by atoms with Gasteiger partial charge in [-0.25, -0.2) is 8.42 Å². The van der Waals surface area contributed by atoms with Crippen molar-refractivity contribution >= 4 is 16.0 Å². The minimum atomic E-state index is -3.56. The fraction of sp³-hybridized carbons (Fsp3) is 0.545. The summed E-state index contributed by atoms with van der Waals surface area (Å²) < 4.78 is 29.6. The highest BCUT2D eigenvalue weighted by Crippen LogP contribution is 2.23. The molecule has 1 aliphatic heterocycles. The lowest BCUT2D eigenvalue weighted by Gasteiger charge is -2.32. The van der Waals surface area contributed by atoms with E-state index >= 15 is 0 Å². The van der Waals surface area contributed by atoms with Gasteiger partial charge in [-0.2, -0.15) is 4.31 Å². The van der Waals surface area contributed by atoms with Crippen LogP contribution in [0.1, 0.15) is 13.8 Å². The number of esters is 1. The van der Waals surface area contributed by atoms with Crippen molar-refractivity contribution in [3.8, 4) is 0 Å². The number of ether oxygens (including phenoxy) is 1. The van der Waals surface area contributed by atoms with Gasteiger partial charge in [0.1, 0.15) is 6.04 Å². The molecule has 0 aromatic rings. The number of carbonyl (C=O) groups excluding carboxylic acids is 1. The van der Waals surface area contributed by atoms with E-state index in [1.54, 1.807) is 13.8 Å². The molecule has 0 aromatic heterocycles. The molecule has 0 unspecified atom stereocenters. The van der Waals surface area contributed by atoms with Crippen LogP contribution >= 0.6 is 0 Å². The standard InChI is InChI=1S/C11H17NO4S/c1-8(2)10(11(13)16-4)12-7-9(3)5-6-17(12,14)15/h5-6,8,10H,3,7H2,1-2,4H3/t10-/m1/s1. The molecule has 0 aromatic carbocycles. The van der Waals surface area contributed by atoms with E-state index in [4.69, 9.17) is 0 Å². The van der Waals surface area contributed by atoms with Gasteiger partial charge >= 0.3 is 5.97 Å². The molecule has 0 saturated heterocycles. The predicted molar refractivity (Wildman–Crippen MR) is 64.5 cm³/mol. The lowest BCUT2D eigenvalue weighted by molar-refractivity contribution is -0.146. The number of carbonyl (C=O) groups is 1. The van der Waals surface area contributed by atoms with Crippen LogP contribution in [0.4, 0.5) is 0 Å². The van der Waals surface area contributed by atoms with Crippen molar-refractivity contribution in [2.75, 3.05) is 13.7 Å². The monoisotopic (exact) mass is 259 g/mol. The number of rotatable bonds is 3. The van der Waals surface area contributed by atoms with Gasteiger partial charge in [-0.1, -0.05) is 20.4 Å². The van der Waals surface area contributed by atoms with Crippen LogP contribution in [0, 0.1) is 5.92 Å². The predicted octanol–water partition coefficient (Wildman–Crippen LogP) is 0.899. The van der Waals surface area contributed by atoms with Gasteiger partial charge in [-0.05, 0) is 17.6 Å². The van der Waals surface area contributed by atoms with E-state index < -0.39 is 22.0 Å².